The van der Waals surface area contributed by atoms with Gasteiger partial charge >= 0.3 is 0 Å². The fourth-order valence-electron chi connectivity index (χ4n) is 2.56. The minimum atomic E-state index is 0.569. The van der Waals surface area contributed by atoms with Crippen LogP contribution in [0.3, 0.4) is 0 Å². The van der Waals surface area contributed by atoms with Crippen molar-refractivity contribution in [2.45, 2.75) is 53.6 Å². The van der Waals surface area contributed by atoms with E-state index in [1.807, 2.05) is 4.68 Å². The number of hydrogen-bond acceptors (Lipinski definition) is 3. The van der Waals surface area contributed by atoms with Crippen molar-refractivity contribution in [1.82, 2.24) is 14.8 Å². The largest absolute Gasteiger partial charge is 0.377 e. The monoisotopic (exact) mass is 286 g/mol. The first-order chi connectivity index (χ1) is 10.2. The topological polar surface area (TPSA) is 42.7 Å². The van der Waals surface area contributed by atoms with Gasteiger partial charge in [-0.15, -0.1) is 0 Å². The van der Waals surface area contributed by atoms with E-state index < -0.39 is 0 Å². The Hall–Kier alpha value is -1.84. The van der Waals surface area contributed by atoms with E-state index in [1.165, 1.54) is 16.8 Å². The van der Waals surface area contributed by atoms with Crippen LogP contribution in [0.25, 0.3) is 0 Å². The maximum absolute atomic E-state index is 4.38. The predicted molar refractivity (Wildman–Crippen MR) is 87.4 cm³/mol. The van der Waals surface area contributed by atoms with Gasteiger partial charge in [0.05, 0.1) is 6.54 Å². The lowest BCUT2D eigenvalue weighted by Crippen LogP contribution is -2.14. The number of benzene rings is 1. The molecule has 1 N–H and O–H groups in total. The van der Waals surface area contributed by atoms with Gasteiger partial charge in [-0.2, -0.15) is 5.10 Å². The number of para-hydroxylation sites is 1. The summed E-state index contributed by atoms with van der Waals surface area (Å²) in [6.07, 6.45) is 3.72. The van der Waals surface area contributed by atoms with E-state index in [0.29, 0.717) is 5.92 Å². The summed E-state index contributed by atoms with van der Waals surface area (Å²) in [7, 11) is 0. The van der Waals surface area contributed by atoms with Crippen molar-refractivity contribution in [1.29, 1.82) is 0 Å². The van der Waals surface area contributed by atoms with Gasteiger partial charge < -0.3 is 5.32 Å². The highest BCUT2D eigenvalue weighted by atomic mass is 15.3. The van der Waals surface area contributed by atoms with Crippen molar-refractivity contribution in [2.24, 2.45) is 5.92 Å². The first kappa shape index (κ1) is 15.5. The molecule has 4 heteroatoms. The van der Waals surface area contributed by atoms with Crippen molar-refractivity contribution in [3.63, 3.8) is 0 Å². The van der Waals surface area contributed by atoms with Gasteiger partial charge in [0.2, 0.25) is 0 Å². The quantitative estimate of drug-likeness (QED) is 0.844. The third-order valence-electron chi connectivity index (χ3n) is 3.66. The highest BCUT2D eigenvalue weighted by molar-refractivity contribution is 5.57. The van der Waals surface area contributed by atoms with Crippen LogP contribution in [-0.2, 0) is 25.9 Å². The molecule has 0 radical (unpaired) electrons. The molecule has 0 spiro atoms. The molecule has 2 aromatic rings. The van der Waals surface area contributed by atoms with Gasteiger partial charge in [0.1, 0.15) is 12.2 Å². The second-order valence-electron chi connectivity index (χ2n) is 5.76. The number of hydrogen-bond donors (Lipinski definition) is 1. The standard InChI is InChI=1S/C17H26N4/c1-5-14-8-7-9-15(6-2)17(14)18-10-16-19-12-20-21(16)11-13(3)4/h7-9,12-13,18H,5-6,10-11H2,1-4H3. The number of nitrogens with zero attached hydrogens (tertiary/aromatic N) is 3. The molecule has 0 bridgehead atoms. The molecule has 0 amide bonds. The van der Waals surface area contributed by atoms with Crippen LogP contribution in [0.5, 0.6) is 0 Å². The summed E-state index contributed by atoms with van der Waals surface area (Å²) in [5, 5.41) is 7.90. The second-order valence-corrected chi connectivity index (χ2v) is 5.76. The average Bonchev–Trinajstić information content (AvgIpc) is 2.91. The Labute approximate surface area is 127 Å². The summed E-state index contributed by atoms with van der Waals surface area (Å²) in [6.45, 7) is 10.4. The molecule has 0 unspecified atom stereocenters. The number of anilines is 1. The van der Waals surface area contributed by atoms with E-state index in [-0.39, 0.29) is 0 Å². The Balaban J connectivity index is 2.15. The van der Waals surface area contributed by atoms with Crippen molar-refractivity contribution >= 4 is 5.69 Å². The predicted octanol–water partition coefficient (Wildman–Crippen LogP) is 3.67. The third kappa shape index (κ3) is 3.84. The van der Waals surface area contributed by atoms with Crippen molar-refractivity contribution < 1.29 is 0 Å². The molecule has 0 atom stereocenters. The number of aryl methyl sites for hydroxylation is 2. The van der Waals surface area contributed by atoms with Crippen molar-refractivity contribution in [3.05, 3.63) is 41.5 Å². The zero-order chi connectivity index (χ0) is 15.2. The van der Waals surface area contributed by atoms with Crippen LogP contribution < -0.4 is 5.32 Å². The van der Waals surface area contributed by atoms with E-state index in [0.717, 1.165) is 31.8 Å². The van der Waals surface area contributed by atoms with Gasteiger partial charge in [-0.05, 0) is 29.9 Å². The summed E-state index contributed by atoms with van der Waals surface area (Å²) in [5.41, 5.74) is 4.00. The summed E-state index contributed by atoms with van der Waals surface area (Å²) in [4.78, 5) is 4.38. The van der Waals surface area contributed by atoms with E-state index in [9.17, 15) is 0 Å². The van der Waals surface area contributed by atoms with Gasteiger partial charge in [0, 0.05) is 12.2 Å². The Morgan fingerprint density at radius 3 is 2.38 bits per heavy atom. The van der Waals surface area contributed by atoms with Crippen LogP contribution >= 0.6 is 0 Å². The summed E-state index contributed by atoms with van der Waals surface area (Å²) in [6, 6.07) is 6.53. The van der Waals surface area contributed by atoms with E-state index in [4.69, 9.17) is 0 Å². The van der Waals surface area contributed by atoms with Crippen LogP contribution in [0.2, 0.25) is 0 Å². The SMILES string of the molecule is CCc1cccc(CC)c1NCc1ncnn1CC(C)C. The fourth-order valence-corrected chi connectivity index (χ4v) is 2.56. The van der Waals surface area contributed by atoms with E-state index >= 15 is 0 Å². The van der Waals surface area contributed by atoms with Crippen molar-refractivity contribution in [2.75, 3.05) is 5.32 Å². The molecule has 1 heterocycles. The van der Waals surface area contributed by atoms with Gasteiger partial charge in [-0.1, -0.05) is 45.9 Å². The third-order valence-corrected chi connectivity index (χ3v) is 3.66. The molecule has 0 aliphatic rings. The molecular formula is C17H26N4. The normalized spacial score (nSPS) is 11.1. The molecule has 0 saturated heterocycles. The average molecular weight is 286 g/mol. The Morgan fingerprint density at radius 2 is 1.81 bits per heavy atom. The van der Waals surface area contributed by atoms with Crippen LogP contribution in [0.1, 0.15) is 44.6 Å². The van der Waals surface area contributed by atoms with Gasteiger partial charge in [-0.3, -0.25) is 0 Å². The molecule has 0 aliphatic heterocycles. The van der Waals surface area contributed by atoms with E-state index in [2.05, 4.69) is 61.3 Å². The smallest absolute Gasteiger partial charge is 0.146 e. The molecule has 4 nitrogen and oxygen atoms in total. The number of nitrogens with one attached hydrogen (secondary N) is 1. The molecule has 2 rings (SSSR count). The minimum absolute atomic E-state index is 0.569. The van der Waals surface area contributed by atoms with Gasteiger partial charge in [0.25, 0.3) is 0 Å². The second kappa shape index (κ2) is 7.25. The number of aromatic nitrogens is 3. The van der Waals surface area contributed by atoms with Crippen LogP contribution in [-0.4, -0.2) is 14.8 Å². The lowest BCUT2D eigenvalue weighted by molar-refractivity contribution is 0.468. The maximum Gasteiger partial charge on any atom is 0.146 e. The Bertz CT molecular complexity index is 550. The highest BCUT2D eigenvalue weighted by Crippen LogP contribution is 2.23. The number of rotatable bonds is 7. The molecule has 114 valence electrons. The van der Waals surface area contributed by atoms with Gasteiger partial charge in [-0.25, -0.2) is 9.67 Å². The van der Waals surface area contributed by atoms with Gasteiger partial charge in [0.15, 0.2) is 0 Å². The molecule has 21 heavy (non-hydrogen) atoms. The molecule has 1 aromatic carbocycles. The minimum Gasteiger partial charge on any atom is -0.377 e. The van der Waals surface area contributed by atoms with Crippen LogP contribution in [0, 0.1) is 5.92 Å². The first-order valence-corrected chi connectivity index (χ1v) is 7.87. The zero-order valence-corrected chi connectivity index (χ0v) is 13.6. The van der Waals surface area contributed by atoms with E-state index in [1.54, 1.807) is 6.33 Å². The maximum atomic E-state index is 4.38. The van der Waals surface area contributed by atoms with Crippen LogP contribution in [0.4, 0.5) is 5.69 Å². The zero-order valence-electron chi connectivity index (χ0n) is 13.6. The molecular weight excluding hydrogens is 260 g/mol. The Kier molecular flexibility index (Phi) is 5.37. The Morgan fingerprint density at radius 1 is 1.14 bits per heavy atom. The van der Waals surface area contributed by atoms with Crippen molar-refractivity contribution in [3.8, 4) is 0 Å². The summed E-state index contributed by atoms with van der Waals surface area (Å²) < 4.78 is 2.00. The molecule has 0 aliphatic carbocycles. The highest BCUT2D eigenvalue weighted by Gasteiger charge is 2.09. The lowest BCUT2D eigenvalue weighted by atomic mass is 10.0. The first-order valence-electron chi connectivity index (χ1n) is 7.87. The molecule has 0 fully saturated rings. The fraction of sp³-hybridized carbons (Fsp3) is 0.529. The lowest BCUT2D eigenvalue weighted by Gasteiger charge is -2.16. The molecule has 1 aromatic heterocycles. The van der Waals surface area contributed by atoms with Crippen LogP contribution in [0.15, 0.2) is 24.5 Å². The molecule has 0 saturated carbocycles. The summed E-state index contributed by atoms with van der Waals surface area (Å²) in [5.74, 6) is 1.57. The summed E-state index contributed by atoms with van der Waals surface area (Å²) >= 11 is 0.